The number of aliphatic hydroxyl groups is 1. The summed E-state index contributed by atoms with van der Waals surface area (Å²) in [4.78, 5) is 0. The average molecular weight is 158 g/mol. The van der Waals surface area contributed by atoms with Crippen molar-refractivity contribution in [2.45, 2.75) is 39.4 Å². The number of hydrogen-bond acceptors (Lipinski definition) is 3. The lowest BCUT2D eigenvalue weighted by Gasteiger charge is -1.99. The van der Waals surface area contributed by atoms with Crippen molar-refractivity contribution >= 4 is 0 Å². The minimum Gasteiger partial charge on any atom is -0.460 e. The fourth-order valence-electron chi connectivity index (χ4n) is 0.760. The van der Waals surface area contributed by atoms with E-state index in [0.29, 0.717) is 18.1 Å². The summed E-state index contributed by atoms with van der Waals surface area (Å²) in [5.74, 6) is 1.11. The van der Waals surface area contributed by atoms with Gasteiger partial charge in [-0.2, -0.15) is 0 Å². The lowest BCUT2D eigenvalue weighted by molar-refractivity contribution is 0.0988. The first-order chi connectivity index (χ1) is 5.15. The molecule has 1 unspecified atom stereocenters. The van der Waals surface area contributed by atoms with E-state index in [2.05, 4.69) is 0 Å². The fraction of sp³-hybridized carbons (Fsp3) is 0.750. The van der Waals surface area contributed by atoms with Gasteiger partial charge in [0.05, 0.1) is 6.10 Å². The third-order valence-electron chi connectivity index (χ3n) is 1.39. The van der Waals surface area contributed by atoms with Gasteiger partial charge in [0.2, 0.25) is 5.76 Å². The van der Waals surface area contributed by atoms with Crippen LogP contribution in [0.3, 0.4) is 0 Å². The number of aliphatic hydroxyl groups excluding tert-OH is 1. The molecule has 0 spiro atoms. The van der Waals surface area contributed by atoms with Gasteiger partial charge in [0.1, 0.15) is 6.10 Å². The van der Waals surface area contributed by atoms with Crippen LogP contribution in [0, 0.1) is 0 Å². The van der Waals surface area contributed by atoms with Crippen molar-refractivity contribution in [1.82, 2.24) is 0 Å². The highest BCUT2D eigenvalue weighted by atomic mass is 16.7. The van der Waals surface area contributed by atoms with E-state index in [9.17, 15) is 5.11 Å². The van der Waals surface area contributed by atoms with Crippen LogP contribution < -0.4 is 0 Å². The minimum absolute atomic E-state index is 0.117. The van der Waals surface area contributed by atoms with E-state index in [1.807, 2.05) is 20.8 Å². The van der Waals surface area contributed by atoms with Crippen molar-refractivity contribution in [3.8, 4) is 0 Å². The first kappa shape index (κ1) is 8.40. The van der Waals surface area contributed by atoms with Crippen LogP contribution in [-0.4, -0.2) is 17.3 Å². The normalized spacial score (nSPS) is 18.3. The first-order valence-corrected chi connectivity index (χ1v) is 3.92. The Morgan fingerprint density at radius 1 is 1.55 bits per heavy atom. The van der Waals surface area contributed by atoms with Crippen LogP contribution in [0.4, 0.5) is 0 Å². The van der Waals surface area contributed by atoms with Crippen molar-refractivity contribution in [3.05, 3.63) is 11.7 Å². The summed E-state index contributed by atoms with van der Waals surface area (Å²) in [5, 5.41) is 9.22. The molecule has 0 amide bonds. The second-order valence-electron chi connectivity index (χ2n) is 2.84. The Kier molecular flexibility index (Phi) is 2.39. The summed E-state index contributed by atoms with van der Waals surface area (Å²) in [7, 11) is 0. The van der Waals surface area contributed by atoms with E-state index in [1.54, 1.807) is 0 Å². The Morgan fingerprint density at radius 3 is 2.64 bits per heavy atom. The third-order valence-corrected chi connectivity index (χ3v) is 1.39. The Balaban J connectivity index is 2.35. The summed E-state index contributed by atoms with van der Waals surface area (Å²) in [6, 6.07) is 0. The maximum atomic E-state index is 9.22. The molecular weight excluding hydrogens is 144 g/mol. The summed E-state index contributed by atoms with van der Waals surface area (Å²) in [6.07, 6.45) is 0.301. The Hall–Kier alpha value is -0.700. The van der Waals surface area contributed by atoms with Gasteiger partial charge in [-0.05, 0) is 20.3 Å². The molecule has 0 fully saturated rings. The number of rotatable bonds is 4. The third kappa shape index (κ3) is 2.12. The van der Waals surface area contributed by atoms with Crippen molar-refractivity contribution in [2.24, 2.45) is 0 Å². The van der Waals surface area contributed by atoms with Crippen LogP contribution in [0.2, 0.25) is 0 Å². The highest BCUT2D eigenvalue weighted by molar-refractivity contribution is 5.16. The van der Waals surface area contributed by atoms with Gasteiger partial charge in [0, 0.05) is 0 Å². The molecule has 1 heterocycles. The molecule has 0 aromatic rings. The molecule has 0 aromatic heterocycles. The van der Waals surface area contributed by atoms with Crippen LogP contribution >= 0.6 is 0 Å². The SMILES string of the molecule is CCC(O)C1=C(OC(C)C)O1. The van der Waals surface area contributed by atoms with E-state index in [-0.39, 0.29) is 6.10 Å². The van der Waals surface area contributed by atoms with Crippen LogP contribution in [0.1, 0.15) is 27.2 Å². The van der Waals surface area contributed by atoms with Gasteiger partial charge >= 0.3 is 5.95 Å². The molecule has 0 saturated heterocycles. The van der Waals surface area contributed by atoms with Gasteiger partial charge in [0.25, 0.3) is 0 Å². The standard InChI is InChI=1S/C8H14O3/c1-4-6(9)7-8(11-7)10-5(2)3/h5-6,9H,4H2,1-3H3. The Morgan fingerprint density at radius 2 is 2.18 bits per heavy atom. The summed E-state index contributed by atoms with van der Waals surface area (Å²) >= 11 is 0. The molecule has 0 saturated carbocycles. The fourth-order valence-corrected chi connectivity index (χ4v) is 0.760. The van der Waals surface area contributed by atoms with E-state index < -0.39 is 6.10 Å². The topological polar surface area (TPSA) is 42.0 Å². The molecule has 3 nitrogen and oxygen atoms in total. The van der Waals surface area contributed by atoms with Crippen molar-refractivity contribution in [2.75, 3.05) is 0 Å². The Labute approximate surface area is 66.6 Å². The van der Waals surface area contributed by atoms with Crippen LogP contribution in [0.25, 0.3) is 0 Å². The van der Waals surface area contributed by atoms with E-state index in [4.69, 9.17) is 9.47 Å². The lowest BCUT2D eigenvalue weighted by Crippen LogP contribution is -2.01. The molecule has 0 aromatic carbocycles. The molecule has 1 N–H and O–H groups in total. The number of hydrogen-bond donors (Lipinski definition) is 1. The molecule has 1 aliphatic heterocycles. The molecule has 0 bridgehead atoms. The second-order valence-corrected chi connectivity index (χ2v) is 2.84. The zero-order valence-electron chi connectivity index (χ0n) is 7.13. The maximum Gasteiger partial charge on any atom is 0.328 e. The van der Waals surface area contributed by atoms with Gasteiger partial charge in [-0.25, -0.2) is 0 Å². The van der Waals surface area contributed by atoms with E-state index in [1.165, 1.54) is 0 Å². The average Bonchev–Trinajstić information content (AvgIpc) is 2.65. The zero-order chi connectivity index (χ0) is 8.43. The highest BCUT2D eigenvalue weighted by Crippen LogP contribution is 2.32. The van der Waals surface area contributed by atoms with Crippen LogP contribution in [0.5, 0.6) is 0 Å². The molecule has 3 heteroatoms. The van der Waals surface area contributed by atoms with Gasteiger partial charge in [-0.1, -0.05) is 6.92 Å². The zero-order valence-corrected chi connectivity index (χ0v) is 7.13. The summed E-state index contributed by atoms with van der Waals surface area (Å²) in [6.45, 7) is 5.74. The molecular formula is C8H14O3. The van der Waals surface area contributed by atoms with E-state index >= 15 is 0 Å². The monoisotopic (exact) mass is 158 g/mol. The molecule has 1 rings (SSSR count). The minimum atomic E-state index is -0.483. The molecule has 64 valence electrons. The molecule has 0 aliphatic carbocycles. The maximum absolute atomic E-state index is 9.22. The molecule has 0 radical (unpaired) electrons. The van der Waals surface area contributed by atoms with Gasteiger partial charge < -0.3 is 14.6 Å². The summed E-state index contributed by atoms with van der Waals surface area (Å²) in [5.41, 5.74) is 0. The van der Waals surface area contributed by atoms with Gasteiger partial charge in [0.15, 0.2) is 0 Å². The predicted octanol–water partition coefficient (Wildman–Crippen LogP) is 1.38. The largest absolute Gasteiger partial charge is 0.460 e. The second kappa shape index (κ2) is 3.13. The molecule has 1 aliphatic rings. The van der Waals surface area contributed by atoms with Crippen molar-refractivity contribution in [3.63, 3.8) is 0 Å². The van der Waals surface area contributed by atoms with Crippen LogP contribution in [0.15, 0.2) is 11.7 Å². The van der Waals surface area contributed by atoms with Crippen LogP contribution in [-0.2, 0) is 9.47 Å². The van der Waals surface area contributed by atoms with E-state index in [0.717, 1.165) is 0 Å². The predicted molar refractivity (Wildman–Crippen MR) is 40.6 cm³/mol. The van der Waals surface area contributed by atoms with Gasteiger partial charge in [-0.15, -0.1) is 0 Å². The first-order valence-electron chi connectivity index (χ1n) is 3.92. The molecule has 11 heavy (non-hydrogen) atoms. The van der Waals surface area contributed by atoms with Crippen molar-refractivity contribution in [1.29, 1.82) is 0 Å². The highest BCUT2D eigenvalue weighted by Gasteiger charge is 2.33. The van der Waals surface area contributed by atoms with Gasteiger partial charge in [-0.3, -0.25) is 0 Å². The molecule has 1 atom stereocenters. The quantitative estimate of drug-likeness (QED) is 0.672. The smallest absolute Gasteiger partial charge is 0.328 e. The van der Waals surface area contributed by atoms with Crippen molar-refractivity contribution < 1.29 is 14.6 Å². The number of ether oxygens (including phenoxy) is 2. The lowest BCUT2D eigenvalue weighted by atomic mass is 10.3. The summed E-state index contributed by atoms with van der Waals surface area (Å²) < 4.78 is 10.1. The Bertz CT molecular complexity index is 172.